The lowest BCUT2D eigenvalue weighted by Crippen LogP contribution is -2.58. The average molecular weight is 385 g/mol. The van der Waals surface area contributed by atoms with E-state index in [-0.39, 0.29) is 31.4 Å². The van der Waals surface area contributed by atoms with Gasteiger partial charge in [-0.1, -0.05) is 30.3 Å². The number of likely N-dealkylation sites (tertiary alicyclic amines) is 1. The fourth-order valence-electron chi connectivity index (χ4n) is 3.07. The Morgan fingerprint density at radius 1 is 1.07 bits per heavy atom. The van der Waals surface area contributed by atoms with Gasteiger partial charge in [-0.15, -0.1) is 0 Å². The Morgan fingerprint density at radius 3 is 2.59 bits per heavy atom. The maximum Gasteiger partial charge on any atom is 0.260 e. The number of carbonyl (C=O) groups excluding carboxylic acids is 1. The van der Waals surface area contributed by atoms with E-state index in [0.29, 0.717) is 11.5 Å². The Kier molecular flexibility index (Phi) is 4.61. The van der Waals surface area contributed by atoms with Gasteiger partial charge in [-0.05, 0) is 35.0 Å². The van der Waals surface area contributed by atoms with Gasteiger partial charge >= 0.3 is 0 Å². The molecule has 1 aromatic heterocycles. The molecule has 0 aliphatic carbocycles. The fourth-order valence-corrected chi connectivity index (χ4v) is 4.68. The van der Waals surface area contributed by atoms with Gasteiger partial charge in [-0.25, -0.2) is 8.42 Å². The Labute approximate surface area is 157 Å². The average Bonchev–Trinajstić information content (AvgIpc) is 3.10. The largest absolute Gasteiger partial charge is 0.484 e. The molecule has 6 nitrogen and oxygen atoms in total. The van der Waals surface area contributed by atoms with E-state index in [9.17, 15) is 13.2 Å². The summed E-state index contributed by atoms with van der Waals surface area (Å²) < 4.78 is 35.3. The van der Waals surface area contributed by atoms with Crippen molar-refractivity contribution in [3.63, 3.8) is 0 Å². The number of carbonyl (C=O) groups is 1. The molecule has 0 radical (unpaired) electrons. The lowest BCUT2D eigenvalue weighted by molar-refractivity contribution is -0.136. The number of amides is 1. The summed E-state index contributed by atoms with van der Waals surface area (Å²) in [7, 11) is -3.33. The third-order valence-corrected chi connectivity index (χ3v) is 6.72. The molecule has 1 amide bonds. The molecule has 1 saturated heterocycles. The van der Waals surface area contributed by atoms with Crippen LogP contribution in [0.1, 0.15) is 5.76 Å². The van der Waals surface area contributed by atoms with E-state index in [0.717, 1.165) is 10.8 Å². The first-order valence-corrected chi connectivity index (χ1v) is 10.4. The van der Waals surface area contributed by atoms with E-state index in [1.807, 2.05) is 42.5 Å². The number of ether oxygens (including phenoxy) is 1. The first-order chi connectivity index (χ1) is 13.0. The molecule has 0 N–H and O–H groups in total. The molecule has 1 fully saturated rings. The van der Waals surface area contributed by atoms with Gasteiger partial charge in [0.2, 0.25) is 0 Å². The second-order valence-electron chi connectivity index (χ2n) is 6.60. The molecule has 2 heterocycles. The smallest absolute Gasteiger partial charge is 0.260 e. The van der Waals surface area contributed by atoms with Gasteiger partial charge in [0.05, 0.1) is 11.5 Å². The Morgan fingerprint density at radius 2 is 1.85 bits per heavy atom. The second kappa shape index (κ2) is 7.08. The van der Waals surface area contributed by atoms with Crippen LogP contribution in [-0.2, 0) is 20.4 Å². The van der Waals surface area contributed by atoms with Crippen molar-refractivity contribution >= 4 is 26.5 Å². The van der Waals surface area contributed by atoms with Gasteiger partial charge in [0.1, 0.15) is 17.3 Å². The van der Waals surface area contributed by atoms with Crippen molar-refractivity contribution in [1.82, 2.24) is 4.90 Å². The van der Waals surface area contributed by atoms with Crippen molar-refractivity contribution in [3.05, 3.63) is 66.6 Å². The van der Waals surface area contributed by atoms with Crippen LogP contribution in [0.5, 0.6) is 5.75 Å². The molecule has 0 bridgehead atoms. The molecule has 0 unspecified atom stereocenters. The number of hydrogen-bond acceptors (Lipinski definition) is 5. The lowest BCUT2D eigenvalue weighted by Gasteiger charge is -2.38. The van der Waals surface area contributed by atoms with Crippen LogP contribution in [0.4, 0.5) is 0 Å². The van der Waals surface area contributed by atoms with E-state index < -0.39 is 15.1 Å². The van der Waals surface area contributed by atoms with Crippen LogP contribution in [0.25, 0.3) is 10.8 Å². The van der Waals surface area contributed by atoms with Crippen molar-refractivity contribution in [3.8, 4) is 5.75 Å². The van der Waals surface area contributed by atoms with Crippen molar-refractivity contribution in [2.24, 2.45) is 0 Å². The number of fused-ring (bicyclic) bond motifs is 1. The Balaban J connectivity index is 1.30. The highest BCUT2D eigenvalue weighted by Gasteiger charge is 2.40. The number of rotatable bonds is 6. The number of sulfone groups is 1. The molecule has 2 aromatic carbocycles. The van der Waals surface area contributed by atoms with Crippen LogP contribution >= 0.6 is 0 Å². The summed E-state index contributed by atoms with van der Waals surface area (Å²) >= 11 is 0. The summed E-state index contributed by atoms with van der Waals surface area (Å²) in [6.45, 7) is 0.287. The zero-order valence-electron chi connectivity index (χ0n) is 14.6. The fraction of sp³-hybridized carbons (Fsp3) is 0.250. The van der Waals surface area contributed by atoms with E-state index in [1.54, 1.807) is 12.1 Å². The lowest BCUT2D eigenvalue weighted by atomic mass is 10.1. The Hall–Kier alpha value is -2.80. The number of nitrogens with zero attached hydrogens (tertiary/aromatic N) is 1. The molecule has 3 aromatic rings. The van der Waals surface area contributed by atoms with Crippen LogP contribution in [0.2, 0.25) is 0 Å². The molecule has 4 rings (SSSR count). The SMILES string of the molecule is O=C(COc1ccc2ccccc2c1)N1CC(S(=O)(=O)Cc2ccco2)C1. The van der Waals surface area contributed by atoms with Crippen LogP contribution in [-0.4, -0.2) is 44.2 Å². The standard InChI is InChI=1S/C20H19NO5S/c22-20(13-26-17-8-7-15-4-1-2-5-16(15)10-17)21-11-19(12-21)27(23,24)14-18-6-3-9-25-18/h1-10,19H,11-14H2. The van der Waals surface area contributed by atoms with Crippen LogP contribution in [0.15, 0.2) is 65.3 Å². The minimum atomic E-state index is -3.33. The van der Waals surface area contributed by atoms with Crippen molar-refractivity contribution < 1.29 is 22.4 Å². The maximum atomic E-state index is 12.3. The summed E-state index contributed by atoms with van der Waals surface area (Å²) in [5.41, 5.74) is 0. The van der Waals surface area contributed by atoms with E-state index in [4.69, 9.17) is 9.15 Å². The third-order valence-electron chi connectivity index (χ3n) is 4.72. The van der Waals surface area contributed by atoms with E-state index >= 15 is 0 Å². The minimum Gasteiger partial charge on any atom is -0.484 e. The number of hydrogen-bond donors (Lipinski definition) is 0. The van der Waals surface area contributed by atoms with Crippen molar-refractivity contribution in [1.29, 1.82) is 0 Å². The summed E-state index contributed by atoms with van der Waals surface area (Å²) in [5, 5.41) is 1.59. The number of furan rings is 1. The predicted molar refractivity (Wildman–Crippen MR) is 101 cm³/mol. The zero-order chi connectivity index (χ0) is 18.9. The molecule has 1 aliphatic rings. The third kappa shape index (κ3) is 3.83. The van der Waals surface area contributed by atoms with Gasteiger partial charge in [0.15, 0.2) is 16.4 Å². The molecule has 0 saturated carbocycles. The molecule has 7 heteroatoms. The topological polar surface area (TPSA) is 76.8 Å². The Bertz CT molecular complexity index is 1050. The zero-order valence-corrected chi connectivity index (χ0v) is 15.4. The summed E-state index contributed by atoms with van der Waals surface area (Å²) in [5.74, 6) is 0.678. The van der Waals surface area contributed by atoms with Crippen LogP contribution < -0.4 is 4.74 Å². The van der Waals surface area contributed by atoms with Crippen molar-refractivity contribution in [2.45, 2.75) is 11.0 Å². The monoisotopic (exact) mass is 385 g/mol. The van der Waals surface area contributed by atoms with E-state index in [1.165, 1.54) is 11.2 Å². The molecule has 27 heavy (non-hydrogen) atoms. The highest BCUT2D eigenvalue weighted by Crippen LogP contribution is 2.23. The summed E-state index contributed by atoms with van der Waals surface area (Å²) in [6.07, 6.45) is 1.45. The highest BCUT2D eigenvalue weighted by atomic mass is 32.2. The van der Waals surface area contributed by atoms with E-state index in [2.05, 4.69) is 0 Å². The predicted octanol–water partition coefficient (Wildman–Crippen LogP) is 2.64. The normalized spacial score (nSPS) is 14.9. The molecule has 140 valence electrons. The number of benzene rings is 2. The molecular weight excluding hydrogens is 366 g/mol. The van der Waals surface area contributed by atoms with Crippen LogP contribution in [0, 0.1) is 0 Å². The quantitative estimate of drug-likeness (QED) is 0.652. The molecule has 0 atom stereocenters. The first kappa shape index (κ1) is 17.6. The van der Waals surface area contributed by atoms with Gasteiger partial charge in [0, 0.05) is 13.1 Å². The maximum absolute atomic E-state index is 12.3. The van der Waals surface area contributed by atoms with Gasteiger partial charge in [0.25, 0.3) is 5.91 Å². The summed E-state index contributed by atoms with van der Waals surface area (Å²) in [6, 6.07) is 16.8. The van der Waals surface area contributed by atoms with Gasteiger partial charge in [-0.2, -0.15) is 0 Å². The molecular formula is C20H19NO5S. The first-order valence-electron chi connectivity index (χ1n) is 8.64. The second-order valence-corrected chi connectivity index (χ2v) is 8.89. The van der Waals surface area contributed by atoms with Gasteiger partial charge < -0.3 is 14.1 Å². The molecule has 0 spiro atoms. The highest BCUT2D eigenvalue weighted by molar-refractivity contribution is 7.91. The minimum absolute atomic E-state index is 0.108. The van der Waals surface area contributed by atoms with Crippen LogP contribution in [0.3, 0.4) is 0 Å². The van der Waals surface area contributed by atoms with Crippen molar-refractivity contribution in [2.75, 3.05) is 19.7 Å². The summed E-state index contributed by atoms with van der Waals surface area (Å²) in [4.78, 5) is 13.7. The van der Waals surface area contributed by atoms with Gasteiger partial charge in [-0.3, -0.25) is 4.79 Å². The molecule has 1 aliphatic heterocycles.